The van der Waals surface area contributed by atoms with Gasteiger partial charge >= 0.3 is 0 Å². The molecule has 0 amide bonds. The van der Waals surface area contributed by atoms with E-state index in [1.54, 1.807) is 0 Å². The molecule has 0 aliphatic rings. The Bertz CT molecular complexity index is 149. The Hall–Kier alpha value is -0.520. The standard InChI is InChI=1S/C11H22N2/c1-4-7-11(12)10-13(8-5-2)9-6-3/h2,11H,4,6-10,12H2,1,3H3. The first-order chi connectivity index (χ1) is 6.24. The lowest BCUT2D eigenvalue weighted by atomic mass is 10.1. The van der Waals surface area contributed by atoms with E-state index < -0.39 is 0 Å². The molecule has 0 aromatic rings. The van der Waals surface area contributed by atoms with Crippen LogP contribution in [0, 0.1) is 12.3 Å². The average Bonchev–Trinajstić information content (AvgIpc) is 2.05. The van der Waals surface area contributed by atoms with E-state index in [0.29, 0.717) is 0 Å². The summed E-state index contributed by atoms with van der Waals surface area (Å²) in [5, 5.41) is 0. The van der Waals surface area contributed by atoms with Gasteiger partial charge in [-0.25, -0.2) is 0 Å². The molecule has 0 aliphatic heterocycles. The molecule has 0 heterocycles. The van der Waals surface area contributed by atoms with Crippen molar-refractivity contribution in [3.63, 3.8) is 0 Å². The monoisotopic (exact) mass is 182 g/mol. The van der Waals surface area contributed by atoms with Gasteiger partial charge in [0.05, 0.1) is 6.54 Å². The Balaban J connectivity index is 3.73. The minimum absolute atomic E-state index is 0.282. The van der Waals surface area contributed by atoms with Crippen LogP contribution in [0.25, 0.3) is 0 Å². The normalized spacial score (nSPS) is 12.8. The molecule has 0 spiro atoms. The van der Waals surface area contributed by atoms with E-state index in [0.717, 1.165) is 38.9 Å². The van der Waals surface area contributed by atoms with Gasteiger partial charge in [-0.2, -0.15) is 0 Å². The second-order valence-electron chi connectivity index (χ2n) is 3.49. The topological polar surface area (TPSA) is 29.3 Å². The molecular formula is C11H22N2. The van der Waals surface area contributed by atoms with Gasteiger partial charge in [0.15, 0.2) is 0 Å². The van der Waals surface area contributed by atoms with E-state index in [1.807, 2.05) is 0 Å². The summed E-state index contributed by atoms with van der Waals surface area (Å²) in [6, 6.07) is 0.282. The molecule has 0 saturated heterocycles. The molecule has 1 unspecified atom stereocenters. The van der Waals surface area contributed by atoms with Gasteiger partial charge in [-0.3, -0.25) is 4.90 Å². The summed E-state index contributed by atoms with van der Waals surface area (Å²) < 4.78 is 0. The van der Waals surface area contributed by atoms with Crippen LogP contribution >= 0.6 is 0 Å². The molecule has 0 fully saturated rings. The van der Waals surface area contributed by atoms with Gasteiger partial charge in [0, 0.05) is 12.6 Å². The van der Waals surface area contributed by atoms with E-state index in [1.165, 1.54) is 0 Å². The van der Waals surface area contributed by atoms with Gasteiger partial charge in [-0.15, -0.1) is 6.42 Å². The third-order valence-electron chi connectivity index (χ3n) is 2.01. The summed E-state index contributed by atoms with van der Waals surface area (Å²) in [5.74, 6) is 2.67. The van der Waals surface area contributed by atoms with Gasteiger partial charge in [-0.05, 0) is 19.4 Å². The lowest BCUT2D eigenvalue weighted by Gasteiger charge is -2.22. The molecule has 0 aromatic carbocycles. The van der Waals surface area contributed by atoms with E-state index in [4.69, 9.17) is 12.2 Å². The van der Waals surface area contributed by atoms with Crippen LogP contribution in [0.4, 0.5) is 0 Å². The number of nitrogens with zero attached hydrogens (tertiary/aromatic N) is 1. The second kappa shape index (κ2) is 8.10. The molecule has 2 heteroatoms. The Morgan fingerprint density at radius 3 is 2.54 bits per heavy atom. The van der Waals surface area contributed by atoms with Crippen molar-refractivity contribution in [1.29, 1.82) is 0 Å². The Kier molecular flexibility index (Phi) is 7.77. The SMILES string of the molecule is C#CCN(CCC)CC(N)CCC. The molecule has 0 aromatic heterocycles. The molecule has 0 radical (unpaired) electrons. The molecule has 2 N–H and O–H groups in total. The molecular weight excluding hydrogens is 160 g/mol. The highest BCUT2D eigenvalue weighted by atomic mass is 15.1. The van der Waals surface area contributed by atoms with Gasteiger partial charge in [0.1, 0.15) is 0 Å². The fourth-order valence-corrected chi connectivity index (χ4v) is 1.47. The van der Waals surface area contributed by atoms with E-state index in [9.17, 15) is 0 Å². The van der Waals surface area contributed by atoms with E-state index in [2.05, 4.69) is 24.7 Å². The Labute approximate surface area is 82.5 Å². The smallest absolute Gasteiger partial charge is 0.0599 e. The lowest BCUT2D eigenvalue weighted by Crippen LogP contribution is -2.38. The van der Waals surface area contributed by atoms with Crippen molar-refractivity contribution in [2.75, 3.05) is 19.6 Å². The van der Waals surface area contributed by atoms with Crippen LogP contribution in [-0.2, 0) is 0 Å². The second-order valence-corrected chi connectivity index (χ2v) is 3.49. The summed E-state index contributed by atoms with van der Waals surface area (Å²) in [4.78, 5) is 2.25. The molecule has 13 heavy (non-hydrogen) atoms. The van der Waals surface area contributed by atoms with Crippen LogP contribution in [0.1, 0.15) is 33.1 Å². The molecule has 0 saturated carbocycles. The quantitative estimate of drug-likeness (QED) is 0.604. The van der Waals surface area contributed by atoms with Gasteiger partial charge < -0.3 is 5.73 Å². The highest BCUT2D eigenvalue weighted by Crippen LogP contribution is 1.98. The molecule has 0 rings (SSSR count). The number of terminal acetylenes is 1. The van der Waals surface area contributed by atoms with Crippen molar-refractivity contribution < 1.29 is 0 Å². The van der Waals surface area contributed by atoms with Crippen LogP contribution in [0.15, 0.2) is 0 Å². The molecule has 0 bridgehead atoms. The fourth-order valence-electron chi connectivity index (χ4n) is 1.47. The van der Waals surface area contributed by atoms with Crippen molar-refractivity contribution in [3.05, 3.63) is 0 Å². The summed E-state index contributed by atoms with van der Waals surface area (Å²) in [5.41, 5.74) is 5.94. The zero-order chi connectivity index (χ0) is 10.1. The van der Waals surface area contributed by atoms with Crippen LogP contribution in [-0.4, -0.2) is 30.6 Å². The number of nitrogens with two attached hydrogens (primary N) is 1. The third kappa shape index (κ3) is 6.62. The van der Waals surface area contributed by atoms with Gasteiger partial charge in [0.25, 0.3) is 0 Å². The minimum Gasteiger partial charge on any atom is -0.327 e. The number of rotatable bonds is 7. The first kappa shape index (κ1) is 12.5. The Morgan fingerprint density at radius 1 is 1.38 bits per heavy atom. The largest absolute Gasteiger partial charge is 0.327 e. The zero-order valence-corrected chi connectivity index (χ0v) is 8.92. The summed E-state index contributed by atoms with van der Waals surface area (Å²) in [7, 11) is 0. The first-order valence-corrected chi connectivity index (χ1v) is 5.15. The van der Waals surface area contributed by atoms with Crippen LogP contribution in [0.5, 0.6) is 0 Å². The van der Waals surface area contributed by atoms with Crippen LogP contribution < -0.4 is 5.73 Å². The summed E-state index contributed by atoms with van der Waals surface area (Å²) in [6.07, 6.45) is 8.65. The van der Waals surface area contributed by atoms with Crippen molar-refractivity contribution in [3.8, 4) is 12.3 Å². The number of hydrogen-bond acceptors (Lipinski definition) is 2. The fraction of sp³-hybridized carbons (Fsp3) is 0.818. The molecule has 2 nitrogen and oxygen atoms in total. The highest BCUT2D eigenvalue weighted by molar-refractivity contribution is 4.88. The average molecular weight is 182 g/mol. The molecule has 0 aliphatic carbocycles. The predicted octanol–water partition coefficient (Wildman–Crippen LogP) is 1.46. The van der Waals surface area contributed by atoms with Crippen molar-refractivity contribution in [2.45, 2.75) is 39.2 Å². The van der Waals surface area contributed by atoms with Crippen molar-refractivity contribution >= 4 is 0 Å². The Morgan fingerprint density at radius 2 is 2.08 bits per heavy atom. The predicted molar refractivity (Wildman–Crippen MR) is 58.4 cm³/mol. The van der Waals surface area contributed by atoms with Crippen molar-refractivity contribution in [1.82, 2.24) is 4.90 Å². The maximum Gasteiger partial charge on any atom is 0.0599 e. The lowest BCUT2D eigenvalue weighted by molar-refractivity contribution is 0.281. The first-order valence-electron chi connectivity index (χ1n) is 5.15. The zero-order valence-electron chi connectivity index (χ0n) is 8.92. The van der Waals surface area contributed by atoms with Crippen molar-refractivity contribution in [2.24, 2.45) is 5.73 Å². The molecule has 1 atom stereocenters. The van der Waals surface area contributed by atoms with Gasteiger partial charge in [0.2, 0.25) is 0 Å². The molecule has 76 valence electrons. The minimum atomic E-state index is 0.282. The maximum atomic E-state index is 5.94. The van der Waals surface area contributed by atoms with E-state index >= 15 is 0 Å². The summed E-state index contributed by atoms with van der Waals surface area (Å²) in [6.45, 7) is 7.04. The highest BCUT2D eigenvalue weighted by Gasteiger charge is 2.07. The van der Waals surface area contributed by atoms with Gasteiger partial charge in [-0.1, -0.05) is 26.2 Å². The van der Waals surface area contributed by atoms with Crippen LogP contribution in [0.2, 0.25) is 0 Å². The van der Waals surface area contributed by atoms with E-state index in [-0.39, 0.29) is 6.04 Å². The summed E-state index contributed by atoms with van der Waals surface area (Å²) >= 11 is 0. The maximum absolute atomic E-state index is 5.94. The van der Waals surface area contributed by atoms with Crippen LogP contribution in [0.3, 0.4) is 0 Å². The number of hydrogen-bond donors (Lipinski definition) is 1. The third-order valence-corrected chi connectivity index (χ3v) is 2.01.